The molecular formula is C14H17BrFNO2. The number of rotatable bonds is 3. The summed E-state index contributed by atoms with van der Waals surface area (Å²) in [4.78, 5) is 13.1. The summed E-state index contributed by atoms with van der Waals surface area (Å²) >= 11 is 3.28. The largest absolute Gasteiger partial charge is 0.492 e. The first-order valence-corrected chi connectivity index (χ1v) is 7.19. The van der Waals surface area contributed by atoms with Gasteiger partial charge in [0.15, 0.2) is 0 Å². The van der Waals surface area contributed by atoms with Gasteiger partial charge in [-0.25, -0.2) is 4.39 Å². The number of carbonyl (C=O) groups excluding carboxylic acids is 1. The van der Waals surface area contributed by atoms with Gasteiger partial charge >= 0.3 is 0 Å². The Hall–Kier alpha value is -1.10. The van der Waals surface area contributed by atoms with E-state index in [1.54, 1.807) is 13.0 Å². The number of halogens is 2. The molecule has 2 rings (SSSR count). The van der Waals surface area contributed by atoms with Gasteiger partial charge in [-0.1, -0.05) is 0 Å². The molecule has 1 aromatic rings. The molecule has 19 heavy (non-hydrogen) atoms. The molecule has 1 amide bonds. The van der Waals surface area contributed by atoms with Gasteiger partial charge in [-0.15, -0.1) is 0 Å². The Kier molecular flexibility index (Phi) is 4.80. The van der Waals surface area contributed by atoms with Crippen LogP contribution < -0.4 is 4.74 Å². The van der Waals surface area contributed by atoms with Crippen LogP contribution in [-0.2, 0) is 4.79 Å². The zero-order valence-electron chi connectivity index (χ0n) is 10.9. The molecule has 1 fully saturated rings. The van der Waals surface area contributed by atoms with Gasteiger partial charge in [0.05, 0.1) is 11.1 Å². The number of hydrogen-bond acceptors (Lipinski definition) is 2. The number of benzene rings is 1. The van der Waals surface area contributed by atoms with Crippen LogP contribution in [0.4, 0.5) is 4.39 Å². The molecule has 0 radical (unpaired) electrons. The predicted molar refractivity (Wildman–Crippen MR) is 74.6 cm³/mol. The number of carbonyl (C=O) groups is 1. The Morgan fingerprint density at radius 3 is 2.74 bits per heavy atom. The summed E-state index contributed by atoms with van der Waals surface area (Å²) in [7, 11) is 0. The summed E-state index contributed by atoms with van der Waals surface area (Å²) in [5.74, 6) is 0.970. The summed E-state index contributed by atoms with van der Waals surface area (Å²) in [5, 5.41) is 0. The van der Waals surface area contributed by atoms with E-state index >= 15 is 0 Å². The SMILES string of the molecule is CC(=O)N1CCC(COc2ccc(F)cc2Br)CC1. The Morgan fingerprint density at radius 2 is 2.16 bits per heavy atom. The molecule has 104 valence electrons. The zero-order chi connectivity index (χ0) is 13.8. The van der Waals surface area contributed by atoms with Crippen molar-refractivity contribution in [3.63, 3.8) is 0 Å². The van der Waals surface area contributed by atoms with Crippen molar-refractivity contribution in [1.82, 2.24) is 4.90 Å². The number of nitrogens with zero attached hydrogens (tertiary/aromatic N) is 1. The third kappa shape index (κ3) is 3.93. The van der Waals surface area contributed by atoms with Crippen LogP contribution in [0.5, 0.6) is 5.75 Å². The second-order valence-corrected chi connectivity index (χ2v) is 5.69. The van der Waals surface area contributed by atoms with E-state index in [0.717, 1.165) is 25.9 Å². The van der Waals surface area contributed by atoms with Gasteiger partial charge < -0.3 is 9.64 Å². The molecule has 1 aliphatic rings. The number of likely N-dealkylation sites (tertiary alicyclic amines) is 1. The van der Waals surface area contributed by atoms with Gasteiger partial charge in [-0.2, -0.15) is 0 Å². The van der Waals surface area contributed by atoms with Gasteiger partial charge in [0.1, 0.15) is 11.6 Å². The van der Waals surface area contributed by atoms with Crippen LogP contribution in [0.15, 0.2) is 22.7 Å². The molecule has 1 aromatic carbocycles. The highest BCUT2D eigenvalue weighted by molar-refractivity contribution is 9.10. The smallest absolute Gasteiger partial charge is 0.219 e. The van der Waals surface area contributed by atoms with Gasteiger partial charge in [-0.05, 0) is 52.9 Å². The van der Waals surface area contributed by atoms with Crippen molar-refractivity contribution >= 4 is 21.8 Å². The van der Waals surface area contributed by atoms with Gasteiger partial charge in [0, 0.05) is 20.0 Å². The Balaban J connectivity index is 1.82. The molecule has 1 heterocycles. The van der Waals surface area contributed by atoms with Gasteiger partial charge in [0.2, 0.25) is 5.91 Å². The minimum absolute atomic E-state index is 0.139. The first kappa shape index (κ1) is 14.3. The predicted octanol–water partition coefficient (Wildman–Crippen LogP) is 3.23. The molecule has 0 N–H and O–H groups in total. The van der Waals surface area contributed by atoms with E-state index in [2.05, 4.69) is 15.9 Å². The van der Waals surface area contributed by atoms with Crippen LogP contribution in [0.25, 0.3) is 0 Å². The summed E-state index contributed by atoms with van der Waals surface area (Å²) in [5.41, 5.74) is 0. The fraction of sp³-hybridized carbons (Fsp3) is 0.500. The number of amides is 1. The third-order valence-corrected chi connectivity index (χ3v) is 4.05. The monoisotopic (exact) mass is 329 g/mol. The van der Waals surface area contributed by atoms with Crippen molar-refractivity contribution in [2.45, 2.75) is 19.8 Å². The molecule has 0 aliphatic carbocycles. The summed E-state index contributed by atoms with van der Waals surface area (Å²) in [6.07, 6.45) is 1.91. The lowest BCUT2D eigenvalue weighted by molar-refractivity contribution is -0.130. The van der Waals surface area contributed by atoms with E-state index in [1.807, 2.05) is 4.90 Å². The van der Waals surface area contributed by atoms with E-state index in [0.29, 0.717) is 22.7 Å². The Labute approximate surface area is 120 Å². The normalized spacial score (nSPS) is 16.5. The highest BCUT2D eigenvalue weighted by Gasteiger charge is 2.21. The topological polar surface area (TPSA) is 29.5 Å². The molecule has 0 aromatic heterocycles. The van der Waals surface area contributed by atoms with Crippen molar-refractivity contribution in [3.05, 3.63) is 28.5 Å². The molecule has 0 unspecified atom stereocenters. The minimum Gasteiger partial charge on any atom is -0.492 e. The average Bonchev–Trinajstić information content (AvgIpc) is 2.38. The number of ether oxygens (including phenoxy) is 1. The van der Waals surface area contributed by atoms with Crippen LogP contribution in [0.2, 0.25) is 0 Å². The molecule has 0 atom stereocenters. The van der Waals surface area contributed by atoms with E-state index in [1.165, 1.54) is 12.1 Å². The van der Waals surface area contributed by atoms with E-state index < -0.39 is 0 Å². The molecule has 5 heteroatoms. The zero-order valence-corrected chi connectivity index (χ0v) is 12.5. The van der Waals surface area contributed by atoms with Gasteiger partial charge in [0.25, 0.3) is 0 Å². The second kappa shape index (κ2) is 6.37. The van der Waals surface area contributed by atoms with Crippen molar-refractivity contribution in [2.75, 3.05) is 19.7 Å². The van der Waals surface area contributed by atoms with Crippen molar-refractivity contribution < 1.29 is 13.9 Å². The highest BCUT2D eigenvalue weighted by atomic mass is 79.9. The quantitative estimate of drug-likeness (QED) is 0.852. The average molecular weight is 330 g/mol. The van der Waals surface area contributed by atoms with Gasteiger partial charge in [-0.3, -0.25) is 4.79 Å². The third-order valence-electron chi connectivity index (χ3n) is 3.43. The molecule has 1 aliphatic heterocycles. The standard InChI is InChI=1S/C14H17BrFNO2/c1-10(18)17-6-4-11(5-7-17)9-19-14-3-2-12(16)8-13(14)15/h2-3,8,11H,4-7,9H2,1H3. The first-order chi connectivity index (χ1) is 9.06. The molecule has 3 nitrogen and oxygen atoms in total. The lowest BCUT2D eigenvalue weighted by atomic mass is 9.98. The summed E-state index contributed by atoms with van der Waals surface area (Å²) < 4.78 is 19.3. The maximum absolute atomic E-state index is 12.9. The molecule has 0 saturated carbocycles. The summed E-state index contributed by atoms with van der Waals surface area (Å²) in [6.45, 7) is 3.81. The van der Waals surface area contributed by atoms with Crippen molar-refractivity contribution in [2.24, 2.45) is 5.92 Å². The van der Waals surface area contributed by atoms with Crippen LogP contribution in [0.3, 0.4) is 0 Å². The molecular weight excluding hydrogens is 313 g/mol. The molecule has 0 bridgehead atoms. The molecule has 1 saturated heterocycles. The van der Waals surface area contributed by atoms with E-state index in [-0.39, 0.29) is 11.7 Å². The fourth-order valence-corrected chi connectivity index (χ4v) is 2.68. The maximum atomic E-state index is 12.9. The minimum atomic E-state index is -0.283. The maximum Gasteiger partial charge on any atom is 0.219 e. The van der Waals surface area contributed by atoms with Crippen LogP contribution >= 0.6 is 15.9 Å². The lowest BCUT2D eigenvalue weighted by Gasteiger charge is -2.31. The van der Waals surface area contributed by atoms with E-state index in [9.17, 15) is 9.18 Å². The first-order valence-electron chi connectivity index (χ1n) is 6.39. The number of piperidine rings is 1. The Morgan fingerprint density at radius 1 is 1.47 bits per heavy atom. The van der Waals surface area contributed by atoms with Crippen LogP contribution in [-0.4, -0.2) is 30.5 Å². The van der Waals surface area contributed by atoms with Crippen molar-refractivity contribution in [3.8, 4) is 5.75 Å². The second-order valence-electron chi connectivity index (χ2n) is 4.84. The van der Waals surface area contributed by atoms with Crippen molar-refractivity contribution in [1.29, 1.82) is 0 Å². The highest BCUT2D eigenvalue weighted by Crippen LogP contribution is 2.27. The lowest BCUT2D eigenvalue weighted by Crippen LogP contribution is -2.38. The number of hydrogen-bond donors (Lipinski definition) is 0. The van der Waals surface area contributed by atoms with Crippen LogP contribution in [0.1, 0.15) is 19.8 Å². The fourth-order valence-electron chi connectivity index (χ4n) is 2.21. The van der Waals surface area contributed by atoms with E-state index in [4.69, 9.17) is 4.74 Å². The molecule has 0 spiro atoms. The Bertz CT molecular complexity index is 459. The summed E-state index contributed by atoms with van der Waals surface area (Å²) in [6, 6.07) is 4.41. The van der Waals surface area contributed by atoms with Crippen LogP contribution in [0, 0.1) is 11.7 Å².